The number of rotatable bonds is 6. The number of halogens is 3. The fourth-order valence-electron chi connectivity index (χ4n) is 3.23. The number of ether oxygens (including phenoxy) is 1. The van der Waals surface area contributed by atoms with Crippen LogP contribution in [0.4, 0.5) is 30.4 Å². The van der Waals surface area contributed by atoms with Crippen molar-refractivity contribution in [3.8, 4) is 17.0 Å². The third-order valence-corrected chi connectivity index (χ3v) is 4.83. The highest BCUT2D eigenvalue weighted by Crippen LogP contribution is 2.38. The molecule has 0 bridgehead atoms. The number of alkyl halides is 3. The Hall–Kier alpha value is -4.47. The van der Waals surface area contributed by atoms with Crippen LogP contribution in [0.2, 0.25) is 0 Å². The van der Waals surface area contributed by atoms with Gasteiger partial charge in [-0.15, -0.1) is 0 Å². The molecular weight excluding hydrogens is 447 g/mol. The first-order valence-electron chi connectivity index (χ1n) is 10.0. The second kappa shape index (κ2) is 9.57. The van der Waals surface area contributed by atoms with Crippen molar-refractivity contribution in [2.24, 2.45) is 0 Å². The van der Waals surface area contributed by atoms with Crippen molar-refractivity contribution in [1.82, 2.24) is 15.0 Å². The highest BCUT2D eigenvalue weighted by Gasteiger charge is 2.34. The highest BCUT2D eigenvalue weighted by atomic mass is 19.4. The summed E-state index contributed by atoms with van der Waals surface area (Å²) in [6.45, 7) is 0. The van der Waals surface area contributed by atoms with E-state index in [2.05, 4.69) is 25.6 Å². The summed E-state index contributed by atoms with van der Waals surface area (Å²) in [5.41, 5.74) is 0.159. The summed E-state index contributed by atoms with van der Waals surface area (Å²) < 4.78 is 46.4. The van der Waals surface area contributed by atoms with Crippen molar-refractivity contribution in [1.29, 1.82) is 0 Å². The smallest absolute Gasteiger partial charge is 0.418 e. The largest absolute Gasteiger partial charge is 0.497 e. The number of nitrogens with zero attached hydrogens (tertiary/aromatic N) is 3. The molecule has 2 aromatic heterocycles. The third kappa shape index (κ3) is 5.12. The number of anilines is 3. The van der Waals surface area contributed by atoms with E-state index in [0.29, 0.717) is 22.7 Å². The first kappa shape index (κ1) is 22.7. The number of hydrogen-bond donors (Lipinski definition) is 2. The van der Waals surface area contributed by atoms with Crippen LogP contribution >= 0.6 is 0 Å². The molecule has 2 heterocycles. The first-order valence-corrected chi connectivity index (χ1v) is 10.0. The number of carbonyl (C=O) groups excluding carboxylic acids is 1. The lowest BCUT2D eigenvalue weighted by atomic mass is 10.1. The first-order chi connectivity index (χ1) is 16.3. The van der Waals surface area contributed by atoms with Gasteiger partial charge in [0, 0.05) is 35.3 Å². The maximum atomic E-state index is 13.7. The molecule has 4 rings (SSSR count). The molecule has 0 atom stereocenters. The Morgan fingerprint density at radius 1 is 0.971 bits per heavy atom. The molecule has 0 radical (unpaired) electrons. The van der Waals surface area contributed by atoms with Gasteiger partial charge in [-0.3, -0.25) is 4.79 Å². The average molecular weight is 465 g/mol. The number of hydrogen-bond acceptors (Lipinski definition) is 6. The molecule has 0 aliphatic heterocycles. The summed E-state index contributed by atoms with van der Waals surface area (Å²) in [5, 5.41) is 5.39. The summed E-state index contributed by atoms with van der Waals surface area (Å²) in [6, 6.07) is 14.7. The monoisotopic (exact) mass is 465 g/mol. The van der Waals surface area contributed by atoms with Crippen molar-refractivity contribution >= 4 is 23.1 Å². The van der Waals surface area contributed by atoms with Gasteiger partial charge in [-0.1, -0.05) is 6.07 Å². The van der Waals surface area contributed by atoms with E-state index in [-0.39, 0.29) is 17.1 Å². The lowest BCUT2D eigenvalue weighted by Crippen LogP contribution is -2.15. The van der Waals surface area contributed by atoms with Gasteiger partial charge in [-0.25, -0.2) is 15.0 Å². The molecule has 2 N–H and O–H groups in total. The van der Waals surface area contributed by atoms with Crippen LogP contribution < -0.4 is 15.4 Å². The average Bonchev–Trinajstić information content (AvgIpc) is 2.84. The SMILES string of the molecule is COc1cccc(NC(=O)c2ccc(C(F)(F)F)c(Nc3ncccc3-c3ccncn3)c2)c1. The Labute approximate surface area is 192 Å². The summed E-state index contributed by atoms with van der Waals surface area (Å²) >= 11 is 0. The summed E-state index contributed by atoms with van der Waals surface area (Å²) in [5.74, 6) is 0.0964. The molecule has 0 spiro atoms. The minimum absolute atomic E-state index is 0.0258. The molecule has 0 fully saturated rings. The standard InChI is InChI=1S/C24H18F3N5O2/c1-34-17-5-2-4-16(13-17)31-23(33)15-7-8-19(24(25,26)27)21(12-15)32-22-18(6-3-10-29-22)20-9-11-28-14-30-20/h2-14H,1H3,(H,29,32)(H,31,33). The van der Waals surface area contributed by atoms with E-state index in [1.165, 1.54) is 25.8 Å². The number of nitrogens with one attached hydrogen (secondary N) is 2. The number of aromatic nitrogens is 3. The van der Waals surface area contributed by atoms with Gasteiger partial charge < -0.3 is 15.4 Å². The van der Waals surface area contributed by atoms with E-state index < -0.39 is 17.6 Å². The lowest BCUT2D eigenvalue weighted by molar-refractivity contribution is -0.136. The van der Waals surface area contributed by atoms with Crippen LogP contribution in [0.15, 0.2) is 79.4 Å². The Balaban J connectivity index is 1.70. The molecule has 10 heteroatoms. The van der Waals surface area contributed by atoms with E-state index in [1.807, 2.05) is 0 Å². The van der Waals surface area contributed by atoms with E-state index in [0.717, 1.165) is 18.2 Å². The van der Waals surface area contributed by atoms with E-state index in [9.17, 15) is 18.0 Å². The number of pyridine rings is 1. The topological polar surface area (TPSA) is 89.0 Å². The maximum Gasteiger partial charge on any atom is 0.418 e. The second-order valence-electron chi connectivity index (χ2n) is 7.06. The normalized spacial score (nSPS) is 11.1. The molecule has 4 aromatic rings. The predicted octanol–water partition coefficient (Wildman–Crippen LogP) is 5.56. The second-order valence-corrected chi connectivity index (χ2v) is 7.06. The van der Waals surface area contributed by atoms with Gasteiger partial charge >= 0.3 is 6.18 Å². The molecule has 0 aliphatic rings. The Kier molecular flexibility index (Phi) is 6.39. The minimum atomic E-state index is -4.66. The quantitative estimate of drug-likeness (QED) is 0.388. The zero-order chi connectivity index (χ0) is 24.1. The van der Waals surface area contributed by atoms with Crippen molar-refractivity contribution in [3.63, 3.8) is 0 Å². The molecule has 0 saturated heterocycles. The fraction of sp³-hybridized carbons (Fsp3) is 0.0833. The van der Waals surface area contributed by atoms with Crippen molar-refractivity contribution in [2.75, 3.05) is 17.7 Å². The van der Waals surface area contributed by atoms with Crippen LogP contribution in [0.3, 0.4) is 0 Å². The van der Waals surface area contributed by atoms with E-state index in [4.69, 9.17) is 4.74 Å². The van der Waals surface area contributed by atoms with Crippen LogP contribution in [0.25, 0.3) is 11.3 Å². The zero-order valence-corrected chi connectivity index (χ0v) is 17.8. The van der Waals surface area contributed by atoms with Gasteiger partial charge in [0.1, 0.15) is 17.9 Å². The number of benzene rings is 2. The summed E-state index contributed by atoms with van der Waals surface area (Å²) in [4.78, 5) is 25.0. The van der Waals surface area contributed by atoms with Crippen molar-refractivity contribution < 1.29 is 22.7 Å². The van der Waals surface area contributed by atoms with E-state index >= 15 is 0 Å². The van der Waals surface area contributed by atoms with Gasteiger partial charge in [0.15, 0.2) is 0 Å². The number of carbonyl (C=O) groups is 1. The van der Waals surface area contributed by atoms with Crippen LogP contribution in [0.1, 0.15) is 15.9 Å². The van der Waals surface area contributed by atoms with Gasteiger partial charge in [0.2, 0.25) is 0 Å². The van der Waals surface area contributed by atoms with Gasteiger partial charge in [0.25, 0.3) is 5.91 Å². The molecule has 1 amide bonds. The molecule has 7 nitrogen and oxygen atoms in total. The lowest BCUT2D eigenvalue weighted by Gasteiger charge is -2.17. The maximum absolute atomic E-state index is 13.7. The molecule has 34 heavy (non-hydrogen) atoms. The Morgan fingerprint density at radius 3 is 2.56 bits per heavy atom. The van der Waals surface area contributed by atoms with Gasteiger partial charge in [-0.05, 0) is 48.5 Å². The minimum Gasteiger partial charge on any atom is -0.497 e. The van der Waals surface area contributed by atoms with Gasteiger partial charge in [0.05, 0.1) is 24.1 Å². The Bertz CT molecular complexity index is 1310. The molecule has 0 aliphatic carbocycles. The molecule has 0 unspecified atom stereocenters. The van der Waals surface area contributed by atoms with Crippen LogP contribution in [0.5, 0.6) is 5.75 Å². The Morgan fingerprint density at radius 2 is 1.82 bits per heavy atom. The molecule has 2 aromatic carbocycles. The third-order valence-electron chi connectivity index (χ3n) is 4.83. The molecule has 172 valence electrons. The summed E-state index contributed by atoms with van der Waals surface area (Å²) in [6.07, 6.45) is -0.367. The highest BCUT2D eigenvalue weighted by molar-refractivity contribution is 6.05. The predicted molar refractivity (Wildman–Crippen MR) is 121 cm³/mol. The van der Waals surface area contributed by atoms with Crippen molar-refractivity contribution in [2.45, 2.75) is 6.18 Å². The molecular formula is C24H18F3N5O2. The van der Waals surface area contributed by atoms with Crippen LogP contribution in [-0.4, -0.2) is 28.0 Å². The summed E-state index contributed by atoms with van der Waals surface area (Å²) in [7, 11) is 1.49. The number of amides is 1. The van der Waals surface area contributed by atoms with E-state index in [1.54, 1.807) is 42.5 Å². The number of methoxy groups -OCH3 is 1. The fourth-order valence-corrected chi connectivity index (χ4v) is 3.23. The zero-order valence-electron chi connectivity index (χ0n) is 17.8. The van der Waals surface area contributed by atoms with Crippen molar-refractivity contribution in [3.05, 3.63) is 90.5 Å². The van der Waals surface area contributed by atoms with Gasteiger partial charge in [-0.2, -0.15) is 13.2 Å². The van der Waals surface area contributed by atoms with Crippen LogP contribution in [0, 0.1) is 0 Å². The van der Waals surface area contributed by atoms with Crippen LogP contribution in [-0.2, 0) is 6.18 Å². The molecule has 0 saturated carbocycles.